The van der Waals surface area contributed by atoms with Crippen molar-refractivity contribution in [2.45, 2.75) is 64.0 Å². The van der Waals surface area contributed by atoms with Crippen molar-refractivity contribution in [2.75, 3.05) is 7.05 Å². The van der Waals surface area contributed by atoms with E-state index in [0.717, 1.165) is 11.8 Å². The average Bonchev–Trinajstić information content (AvgIpc) is 2.37. The van der Waals surface area contributed by atoms with Crippen LogP contribution in [0.15, 0.2) is 0 Å². The van der Waals surface area contributed by atoms with Gasteiger partial charge in [-0.15, -0.1) is 0 Å². The Bertz CT molecular complexity index is 267. The van der Waals surface area contributed by atoms with Crippen molar-refractivity contribution in [2.24, 2.45) is 11.8 Å². The Kier molecular flexibility index (Phi) is 4.43. The molecular formula is C14H26N2O. The van der Waals surface area contributed by atoms with Crippen molar-refractivity contribution in [3.05, 3.63) is 0 Å². The third-order valence-corrected chi connectivity index (χ3v) is 4.67. The summed E-state index contributed by atoms with van der Waals surface area (Å²) in [5, 5.41) is 6.20. The molecule has 1 amide bonds. The Morgan fingerprint density at radius 3 is 2.53 bits per heavy atom. The lowest BCUT2D eigenvalue weighted by Gasteiger charge is -2.40. The minimum Gasteiger partial charge on any atom is -0.358 e. The predicted molar refractivity (Wildman–Crippen MR) is 69.8 cm³/mol. The van der Waals surface area contributed by atoms with Crippen LogP contribution in [0.4, 0.5) is 0 Å². The van der Waals surface area contributed by atoms with Gasteiger partial charge in [-0.3, -0.25) is 4.79 Å². The molecule has 3 nitrogen and oxygen atoms in total. The van der Waals surface area contributed by atoms with Gasteiger partial charge in [-0.2, -0.15) is 0 Å². The second kappa shape index (κ2) is 5.85. The summed E-state index contributed by atoms with van der Waals surface area (Å²) in [6.07, 6.45) is 9.61. The first kappa shape index (κ1) is 12.9. The number of amides is 1. The third kappa shape index (κ3) is 3.21. The number of likely N-dealkylation sites (N-methyl/N-ethyl adjacent to an activating group) is 1. The van der Waals surface area contributed by atoms with Gasteiger partial charge >= 0.3 is 0 Å². The van der Waals surface area contributed by atoms with E-state index < -0.39 is 0 Å². The van der Waals surface area contributed by atoms with E-state index in [1.165, 1.54) is 44.9 Å². The summed E-state index contributed by atoms with van der Waals surface area (Å²) in [5.74, 6) is 2.01. The molecule has 2 saturated carbocycles. The van der Waals surface area contributed by atoms with Crippen molar-refractivity contribution in [1.82, 2.24) is 10.6 Å². The first-order valence-corrected chi connectivity index (χ1v) is 7.18. The van der Waals surface area contributed by atoms with Gasteiger partial charge in [0.15, 0.2) is 0 Å². The Balaban J connectivity index is 1.81. The predicted octanol–water partition coefficient (Wildman–Crippen LogP) is 2.07. The quantitative estimate of drug-likeness (QED) is 0.790. The molecule has 2 fully saturated rings. The molecule has 0 aromatic rings. The summed E-state index contributed by atoms with van der Waals surface area (Å²) < 4.78 is 0. The van der Waals surface area contributed by atoms with Gasteiger partial charge in [-0.05, 0) is 38.0 Å². The summed E-state index contributed by atoms with van der Waals surface area (Å²) in [7, 11) is 1.71. The maximum atomic E-state index is 11.5. The molecule has 4 atom stereocenters. The number of hydrogen-bond acceptors (Lipinski definition) is 2. The maximum Gasteiger partial charge on any atom is 0.236 e. The molecule has 17 heavy (non-hydrogen) atoms. The molecule has 0 aromatic carbocycles. The van der Waals surface area contributed by atoms with Crippen LogP contribution >= 0.6 is 0 Å². The first-order chi connectivity index (χ1) is 8.20. The van der Waals surface area contributed by atoms with Gasteiger partial charge in [0.2, 0.25) is 5.91 Å². The van der Waals surface area contributed by atoms with Gasteiger partial charge in [-0.1, -0.05) is 25.7 Å². The van der Waals surface area contributed by atoms with Gasteiger partial charge < -0.3 is 10.6 Å². The molecule has 0 heterocycles. The Labute approximate surface area is 105 Å². The number of fused-ring (bicyclic) bond motifs is 1. The van der Waals surface area contributed by atoms with Crippen molar-refractivity contribution in [1.29, 1.82) is 0 Å². The number of carbonyl (C=O) groups is 1. The lowest BCUT2D eigenvalue weighted by molar-refractivity contribution is -0.122. The molecule has 2 aliphatic rings. The maximum absolute atomic E-state index is 11.5. The molecule has 98 valence electrons. The molecule has 0 spiro atoms. The largest absolute Gasteiger partial charge is 0.358 e. The van der Waals surface area contributed by atoms with Crippen LogP contribution in [0, 0.1) is 11.8 Å². The Morgan fingerprint density at radius 2 is 1.82 bits per heavy atom. The van der Waals surface area contributed by atoms with Crippen LogP contribution in [-0.4, -0.2) is 25.0 Å². The van der Waals surface area contributed by atoms with Crippen molar-refractivity contribution >= 4 is 5.91 Å². The highest BCUT2D eigenvalue weighted by molar-refractivity contribution is 5.80. The van der Waals surface area contributed by atoms with Crippen LogP contribution in [0.2, 0.25) is 0 Å². The van der Waals surface area contributed by atoms with Crippen LogP contribution in [0.25, 0.3) is 0 Å². The lowest BCUT2D eigenvalue weighted by atomic mass is 9.69. The Morgan fingerprint density at radius 1 is 1.12 bits per heavy atom. The lowest BCUT2D eigenvalue weighted by Crippen LogP contribution is -2.48. The molecular weight excluding hydrogens is 212 g/mol. The van der Waals surface area contributed by atoms with E-state index in [0.29, 0.717) is 6.04 Å². The zero-order valence-corrected chi connectivity index (χ0v) is 11.2. The van der Waals surface area contributed by atoms with Crippen LogP contribution < -0.4 is 10.6 Å². The highest BCUT2D eigenvalue weighted by Gasteiger charge is 2.32. The minimum atomic E-state index is -0.0508. The molecule has 0 aliphatic heterocycles. The molecule has 2 N–H and O–H groups in total. The molecule has 0 saturated heterocycles. The normalized spacial score (nSPS) is 34.8. The van der Waals surface area contributed by atoms with Gasteiger partial charge in [0.25, 0.3) is 0 Å². The molecule has 0 bridgehead atoms. The van der Waals surface area contributed by atoms with Gasteiger partial charge in [0.1, 0.15) is 0 Å². The van der Waals surface area contributed by atoms with E-state index in [2.05, 4.69) is 10.6 Å². The minimum absolute atomic E-state index is 0.0508. The highest BCUT2D eigenvalue weighted by Crippen LogP contribution is 2.40. The summed E-state index contributed by atoms with van der Waals surface area (Å²) >= 11 is 0. The SMILES string of the molecule is CNC(=O)C(C)NC1CCC2CCCCC2C1. The van der Waals surface area contributed by atoms with Crippen molar-refractivity contribution < 1.29 is 4.79 Å². The van der Waals surface area contributed by atoms with Crippen molar-refractivity contribution in [3.8, 4) is 0 Å². The molecule has 2 aliphatic carbocycles. The van der Waals surface area contributed by atoms with E-state index in [9.17, 15) is 4.79 Å². The summed E-state index contributed by atoms with van der Waals surface area (Å²) in [6.45, 7) is 1.96. The molecule has 0 aromatic heterocycles. The summed E-state index contributed by atoms with van der Waals surface area (Å²) in [6, 6.07) is 0.506. The second-order valence-corrected chi connectivity index (χ2v) is 5.82. The topological polar surface area (TPSA) is 41.1 Å². The van der Waals surface area contributed by atoms with Gasteiger partial charge in [-0.25, -0.2) is 0 Å². The molecule has 3 heteroatoms. The van der Waals surface area contributed by atoms with E-state index >= 15 is 0 Å². The summed E-state index contributed by atoms with van der Waals surface area (Å²) in [4.78, 5) is 11.5. The number of rotatable bonds is 3. The fourth-order valence-corrected chi connectivity index (χ4v) is 3.67. The first-order valence-electron chi connectivity index (χ1n) is 7.18. The fourth-order valence-electron chi connectivity index (χ4n) is 3.67. The van der Waals surface area contributed by atoms with Crippen LogP contribution in [0.5, 0.6) is 0 Å². The average molecular weight is 238 g/mol. The molecule has 2 rings (SSSR count). The zero-order chi connectivity index (χ0) is 12.3. The van der Waals surface area contributed by atoms with Crippen molar-refractivity contribution in [3.63, 3.8) is 0 Å². The van der Waals surface area contributed by atoms with Gasteiger partial charge in [0.05, 0.1) is 6.04 Å². The monoisotopic (exact) mass is 238 g/mol. The molecule has 4 unspecified atom stereocenters. The standard InChI is InChI=1S/C14H26N2O/c1-10(14(17)15-2)16-13-8-7-11-5-3-4-6-12(11)9-13/h10-13,16H,3-9H2,1-2H3,(H,15,17). The van der Waals surface area contributed by atoms with E-state index in [-0.39, 0.29) is 11.9 Å². The zero-order valence-electron chi connectivity index (χ0n) is 11.2. The Hall–Kier alpha value is -0.570. The van der Waals surface area contributed by atoms with E-state index in [1.807, 2.05) is 6.92 Å². The third-order valence-electron chi connectivity index (χ3n) is 4.67. The number of hydrogen-bond donors (Lipinski definition) is 2. The second-order valence-electron chi connectivity index (χ2n) is 5.82. The van der Waals surface area contributed by atoms with Crippen LogP contribution in [-0.2, 0) is 4.79 Å². The van der Waals surface area contributed by atoms with E-state index in [4.69, 9.17) is 0 Å². The number of nitrogens with one attached hydrogen (secondary N) is 2. The smallest absolute Gasteiger partial charge is 0.236 e. The summed E-state index contributed by atoms with van der Waals surface area (Å²) in [5.41, 5.74) is 0. The highest BCUT2D eigenvalue weighted by atomic mass is 16.2. The molecule has 0 radical (unpaired) electrons. The fraction of sp³-hybridized carbons (Fsp3) is 0.929. The van der Waals surface area contributed by atoms with Gasteiger partial charge in [0, 0.05) is 13.1 Å². The van der Waals surface area contributed by atoms with Crippen LogP contribution in [0.1, 0.15) is 51.9 Å². The number of carbonyl (C=O) groups excluding carboxylic acids is 1. The van der Waals surface area contributed by atoms with E-state index in [1.54, 1.807) is 7.05 Å². The van der Waals surface area contributed by atoms with Crippen LogP contribution in [0.3, 0.4) is 0 Å².